The number of carbonyl (C=O) groups excluding carboxylic acids is 1. The summed E-state index contributed by atoms with van der Waals surface area (Å²) in [6, 6.07) is 19.8. The fraction of sp³-hybridized carbons (Fsp3) is 0.136. The van der Waals surface area contributed by atoms with Crippen molar-refractivity contribution < 1.29 is 9.90 Å². The summed E-state index contributed by atoms with van der Waals surface area (Å²) in [7, 11) is 0. The first-order chi connectivity index (χ1) is 13.2. The van der Waals surface area contributed by atoms with E-state index in [4.69, 9.17) is 0 Å². The molecule has 4 rings (SSSR count). The van der Waals surface area contributed by atoms with Gasteiger partial charge < -0.3 is 10.4 Å². The summed E-state index contributed by atoms with van der Waals surface area (Å²) in [5.74, 6) is -0.100. The molecule has 2 heterocycles. The Morgan fingerprint density at radius 3 is 2.63 bits per heavy atom. The Morgan fingerprint density at radius 2 is 1.85 bits per heavy atom. The number of fused-ring (bicyclic) bond motifs is 1. The summed E-state index contributed by atoms with van der Waals surface area (Å²) in [6.07, 6.45) is 0.283. The molecule has 5 heteroatoms. The molecule has 3 nitrogen and oxygen atoms in total. The highest BCUT2D eigenvalue weighted by Gasteiger charge is 2.33. The van der Waals surface area contributed by atoms with Gasteiger partial charge in [0.1, 0.15) is 5.60 Å². The van der Waals surface area contributed by atoms with E-state index in [0.717, 1.165) is 26.8 Å². The highest BCUT2D eigenvalue weighted by atomic mass is 32.1. The second-order valence-electron chi connectivity index (χ2n) is 6.44. The van der Waals surface area contributed by atoms with E-state index in [2.05, 4.69) is 5.32 Å². The third-order valence-corrected chi connectivity index (χ3v) is 6.40. The normalized spacial score (nSPS) is 13.4. The number of nitrogens with one attached hydrogen (secondary N) is 1. The van der Waals surface area contributed by atoms with Crippen LogP contribution in [0.15, 0.2) is 76.8 Å². The minimum absolute atomic E-state index is 0.100. The van der Waals surface area contributed by atoms with Crippen molar-refractivity contribution >= 4 is 39.4 Å². The molecule has 0 fully saturated rings. The van der Waals surface area contributed by atoms with Gasteiger partial charge in [0.2, 0.25) is 5.91 Å². The minimum atomic E-state index is -1.21. The molecule has 0 saturated carbocycles. The van der Waals surface area contributed by atoms with Gasteiger partial charge in [-0.3, -0.25) is 4.79 Å². The standard InChI is InChI=1S/C22H19NO2S2/c24-21(13-17-7-3-6-16-5-1-2-8-19(16)17)23-15-22(25,18-10-12-26-14-18)20-9-4-11-27-20/h1-12,14,25H,13,15H2,(H,23,24). The lowest BCUT2D eigenvalue weighted by Gasteiger charge is -2.27. The average molecular weight is 394 g/mol. The van der Waals surface area contributed by atoms with Crippen LogP contribution in [-0.4, -0.2) is 17.6 Å². The van der Waals surface area contributed by atoms with Crippen molar-refractivity contribution in [2.45, 2.75) is 12.0 Å². The number of hydrogen-bond acceptors (Lipinski definition) is 4. The molecule has 2 aromatic heterocycles. The number of amides is 1. The van der Waals surface area contributed by atoms with Crippen molar-refractivity contribution in [1.82, 2.24) is 5.32 Å². The van der Waals surface area contributed by atoms with Crippen molar-refractivity contribution in [2.24, 2.45) is 0 Å². The van der Waals surface area contributed by atoms with Crippen LogP contribution in [0.4, 0.5) is 0 Å². The molecule has 0 spiro atoms. The Kier molecular flexibility index (Phi) is 5.07. The van der Waals surface area contributed by atoms with Crippen molar-refractivity contribution in [3.8, 4) is 0 Å². The number of hydrogen-bond donors (Lipinski definition) is 2. The van der Waals surface area contributed by atoms with Gasteiger partial charge in [0.05, 0.1) is 13.0 Å². The van der Waals surface area contributed by atoms with Crippen LogP contribution in [0.2, 0.25) is 0 Å². The third-order valence-electron chi connectivity index (χ3n) is 4.70. The summed E-state index contributed by atoms with van der Waals surface area (Å²) in [6.45, 7) is 0.147. The molecule has 1 amide bonds. The van der Waals surface area contributed by atoms with Crippen LogP contribution in [0.5, 0.6) is 0 Å². The van der Waals surface area contributed by atoms with E-state index in [1.165, 1.54) is 22.7 Å². The van der Waals surface area contributed by atoms with Gasteiger partial charge in [-0.2, -0.15) is 11.3 Å². The highest BCUT2D eigenvalue weighted by Crippen LogP contribution is 2.33. The highest BCUT2D eigenvalue weighted by molar-refractivity contribution is 7.10. The Morgan fingerprint density at radius 1 is 1.00 bits per heavy atom. The van der Waals surface area contributed by atoms with Crippen molar-refractivity contribution in [1.29, 1.82) is 0 Å². The van der Waals surface area contributed by atoms with Gasteiger partial charge in [-0.1, -0.05) is 48.5 Å². The quantitative estimate of drug-likeness (QED) is 0.505. The molecule has 27 heavy (non-hydrogen) atoms. The zero-order valence-electron chi connectivity index (χ0n) is 14.6. The van der Waals surface area contributed by atoms with Gasteiger partial charge in [-0.05, 0) is 44.6 Å². The van der Waals surface area contributed by atoms with Crippen LogP contribution in [0.25, 0.3) is 10.8 Å². The van der Waals surface area contributed by atoms with E-state index in [-0.39, 0.29) is 18.9 Å². The van der Waals surface area contributed by atoms with Gasteiger partial charge in [0, 0.05) is 10.4 Å². The fourth-order valence-electron chi connectivity index (χ4n) is 3.25. The molecule has 0 aliphatic carbocycles. The molecule has 2 aromatic carbocycles. The lowest BCUT2D eigenvalue weighted by Crippen LogP contribution is -2.41. The van der Waals surface area contributed by atoms with Gasteiger partial charge in [-0.25, -0.2) is 0 Å². The predicted octanol–water partition coefficient (Wildman–Crippen LogP) is 4.56. The molecule has 0 aliphatic heterocycles. The summed E-state index contributed by atoms with van der Waals surface area (Å²) in [4.78, 5) is 13.5. The molecule has 1 atom stereocenters. The molecule has 4 aromatic rings. The van der Waals surface area contributed by atoms with Crippen LogP contribution in [-0.2, 0) is 16.8 Å². The maximum Gasteiger partial charge on any atom is 0.224 e. The van der Waals surface area contributed by atoms with E-state index >= 15 is 0 Å². The second kappa shape index (κ2) is 7.64. The van der Waals surface area contributed by atoms with Crippen LogP contribution >= 0.6 is 22.7 Å². The Bertz CT molecular complexity index is 1000. The lowest BCUT2D eigenvalue weighted by atomic mass is 9.94. The second-order valence-corrected chi connectivity index (χ2v) is 8.17. The maximum atomic E-state index is 12.6. The minimum Gasteiger partial charge on any atom is -0.378 e. The van der Waals surface area contributed by atoms with Crippen molar-refractivity contribution in [3.63, 3.8) is 0 Å². The number of rotatable bonds is 6. The zero-order valence-corrected chi connectivity index (χ0v) is 16.2. The van der Waals surface area contributed by atoms with E-state index in [1.807, 2.05) is 76.8 Å². The Balaban J connectivity index is 1.52. The lowest BCUT2D eigenvalue weighted by molar-refractivity contribution is -0.121. The first-order valence-electron chi connectivity index (χ1n) is 8.69. The molecule has 0 bridgehead atoms. The maximum absolute atomic E-state index is 12.6. The van der Waals surface area contributed by atoms with Crippen LogP contribution in [0.3, 0.4) is 0 Å². The van der Waals surface area contributed by atoms with Crippen molar-refractivity contribution in [2.75, 3.05) is 6.54 Å². The first kappa shape index (κ1) is 17.9. The molecule has 2 N–H and O–H groups in total. The van der Waals surface area contributed by atoms with Gasteiger partial charge in [-0.15, -0.1) is 11.3 Å². The molecule has 0 saturated heterocycles. The summed E-state index contributed by atoms with van der Waals surface area (Å²) >= 11 is 3.02. The van der Waals surface area contributed by atoms with Crippen LogP contribution in [0.1, 0.15) is 16.0 Å². The largest absolute Gasteiger partial charge is 0.378 e. The zero-order chi connectivity index (χ0) is 18.7. The summed E-state index contributed by atoms with van der Waals surface area (Å²) < 4.78 is 0. The summed E-state index contributed by atoms with van der Waals surface area (Å²) in [5.41, 5.74) is 0.587. The molecular weight excluding hydrogens is 374 g/mol. The molecular formula is C22H19NO2S2. The molecule has 0 aliphatic rings. The van der Waals surface area contributed by atoms with Crippen LogP contribution < -0.4 is 5.32 Å². The van der Waals surface area contributed by atoms with E-state index in [1.54, 1.807) is 0 Å². The third kappa shape index (κ3) is 3.67. The van der Waals surface area contributed by atoms with Gasteiger partial charge in [0.25, 0.3) is 0 Å². The number of carbonyl (C=O) groups is 1. The molecule has 136 valence electrons. The van der Waals surface area contributed by atoms with E-state index < -0.39 is 5.60 Å². The van der Waals surface area contributed by atoms with E-state index in [9.17, 15) is 9.90 Å². The monoisotopic (exact) mass is 393 g/mol. The SMILES string of the molecule is O=C(Cc1cccc2ccccc12)NCC(O)(c1ccsc1)c1cccs1. The topological polar surface area (TPSA) is 49.3 Å². The van der Waals surface area contributed by atoms with E-state index in [0.29, 0.717) is 0 Å². The Labute approximate surface area is 165 Å². The molecule has 1 unspecified atom stereocenters. The van der Waals surface area contributed by atoms with Gasteiger partial charge >= 0.3 is 0 Å². The average Bonchev–Trinajstić information content (AvgIpc) is 3.41. The first-order valence-corrected chi connectivity index (χ1v) is 10.5. The number of aliphatic hydroxyl groups is 1. The van der Waals surface area contributed by atoms with Gasteiger partial charge in [0.15, 0.2) is 0 Å². The molecule has 0 radical (unpaired) electrons. The Hall–Kier alpha value is -2.47. The smallest absolute Gasteiger partial charge is 0.224 e. The summed E-state index contributed by atoms with van der Waals surface area (Å²) in [5, 5.41) is 22.3. The fourth-order valence-corrected chi connectivity index (χ4v) is 4.82. The number of benzene rings is 2. The number of thiophene rings is 2. The predicted molar refractivity (Wildman–Crippen MR) is 112 cm³/mol. The van der Waals surface area contributed by atoms with Crippen LogP contribution in [0, 0.1) is 0 Å². The van der Waals surface area contributed by atoms with Crippen molar-refractivity contribution in [3.05, 3.63) is 92.8 Å².